The van der Waals surface area contributed by atoms with E-state index in [-0.39, 0.29) is 152 Å². The third-order valence-electron chi connectivity index (χ3n) is 12.8. The Bertz CT molecular complexity index is 2850. The normalized spacial score (nSPS) is 12.5. The summed E-state index contributed by atoms with van der Waals surface area (Å²) in [4.78, 5) is 133. The van der Waals surface area contributed by atoms with Gasteiger partial charge in [-0.05, 0) is 24.6 Å². The molecule has 3 aromatic heterocycles. The predicted octanol–water partition coefficient (Wildman–Crippen LogP) is -2.90. The molecule has 444 valence electrons. The van der Waals surface area contributed by atoms with Gasteiger partial charge in [0, 0.05) is 164 Å². The summed E-state index contributed by atoms with van der Waals surface area (Å²) >= 11 is 0. The van der Waals surface area contributed by atoms with Crippen LogP contribution >= 0.6 is 0 Å². The van der Waals surface area contributed by atoms with E-state index < -0.39 is 75.2 Å². The van der Waals surface area contributed by atoms with Crippen LogP contribution < -0.4 is 43.3 Å². The zero-order valence-corrected chi connectivity index (χ0v) is 45.9. The zero-order valence-electron chi connectivity index (χ0n) is 45.9. The number of aliphatic carboxylic acids is 1. The van der Waals surface area contributed by atoms with Gasteiger partial charge in [-0.2, -0.15) is 0 Å². The molecule has 0 aliphatic carbocycles. The van der Waals surface area contributed by atoms with Crippen molar-refractivity contribution in [1.29, 1.82) is 0 Å². The van der Waals surface area contributed by atoms with Crippen molar-refractivity contribution in [3.63, 3.8) is 0 Å². The number of ether oxygens (including phenoxy) is 2. The number of aromatic hydroxyl groups is 3. The van der Waals surface area contributed by atoms with Gasteiger partial charge in [0.2, 0.25) is 5.91 Å². The number of rotatable bonds is 35. The van der Waals surface area contributed by atoms with Gasteiger partial charge in [0.25, 0.3) is 46.2 Å². The topological polar surface area (TPSA) is 378 Å². The number of amides is 6. The first kappa shape index (κ1) is 65.1. The van der Waals surface area contributed by atoms with Crippen LogP contribution in [-0.4, -0.2) is 225 Å². The molecule has 0 radical (unpaired) electrons. The fraction of sp³-hybridized carbons (Fsp3) is 0.500. The summed E-state index contributed by atoms with van der Waals surface area (Å²) in [7, 11) is 5.68. The van der Waals surface area contributed by atoms with Crippen LogP contribution in [0.25, 0.3) is 0 Å². The number of carboxylic acids is 1. The van der Waals surface area contributed by atoms with Crippen molar-refractivity contribution >= 4 is 41.4 Å². The number of hydrogen-bond acceptors (Lipinski definition) is 19. The molecule has 0 spiro atoms. The Balaban J connectivity index is 1.52. The molecule has 1 aliphatic rings. The van der Waals surface area contributed by atoms with E-state index in [4.69, 9.17) is 14.6 Å². The first-order valence-electron chi connectivity index (χ1n) is 26.1. The van der Waals surface area contributed by atoms with Gasteiger partial charge in [-0.25, -0.2) is 0 Å². The summed E-state index contributed by atoms with van der Waals surface area (Å²) in [6.45, 7) is 3.05. The second-order valence-electron chi connectivity index (χ2n) is 18.7. The minimum atomic E-state index is -0.978. The molecule has 4 rings (SSSR count). The van der Waals surface area contributed by atoms with Crippen molar-refractivity contribution in [2.45, 2.75) is 25.7 Å². The molecule has 0 atom stereocenters. The van der Waals surface area contributed by atoms with E-state index in [1.54, 1.807) is 6.08 Å². The fourth-order valence-corrected chi connectivity index (χ4v) is 7.92. The lowest BCUT2D eigenvalue weighted by Crippen LogP contribution is -2.47. The second-order valence-corrected chi connectivity index (χ2v) is 18.7. The lowest BCUT2D eigenvalue weighted by molar-refractivity contribution is -0.138. The molecule has 0 unspecified atom stereocenters. The summed E-state index contributed by atoms with van der Waals surface area (Å²) in [5.74, 6) is -7.73. The number of carbonyl (C=O) groups excluding carboxylic acids is 6. The number of pyridine rings is 3. The molecule has 4 heterocycles. The summed E-state index contributed by atoms with van der Waals surface area (Å²) in [5.41, 5.74) is -3.16. The first-order chi connectivity index (χ1) is 38.6. The lowest BCUT2D eigenvalue weighted by atomic mass is 10.1. The van der Waals surface area contributed by atoms with Crippen LogP contribution in [0.3, 0.4) is 0 Å². The van der Waals surface area contributed by atoms with Crippen molar-refractivity contribution in [2.24, 2.45) is 21.1 Å². The zero-order chi connectivity index (χ0) is 59.6. The maximum atomic E-state index is 13.3. The minimum absolute atomic E-state index is 0.00480. The number of hydrogen-bond donors (Lipinski definition) is 10. The van der Waals surface area contributed by atoms with E-state index in [9.17, 15) is 68.4 Å². The molecule has 0 bridgehead atoms. The molecule has 81 heavy (non-hydrogen) atoms. The Morgan fingerprint density at radius 1 is 0.506 bits per heavy atom. The number of aliphatic hydroxyl groups excluding tert-OH is 1. The number of aryl methyl sites for hydroxylation is 3. The van der Waals surface area contributed by atoms with Crippen LogP contribution in [0.1, 0.15) is 56.8 Å². The van der Waals surface area contributed by atoms with Crippen LogP contribution in [0, 0.1) is 0 Å². The third kappa shape index (κ3) is 21.0. The van der Waals surface area contributed by atoms with Gasteiger partial charge in [0.05, 0.1) is 48.5 Å². The van der Waals surface area contributed by atoms with Gasteiger partial charge in [0.1, 0.15) is 0 Å². The second kappa shape index (κ2) is 33.3. The highest BCUT2D eigenvalue weighted by molar-refractivity contribution is 6.04. The van der Waals surface area contributed by atoms with Crippen LogP contribution in [0.2, 0.25) is 0 Å². The van der Waals surface area contributed by atoms with E-state index in [1.807, 2.05) is 14.7 Å². The average Bonchev–Trinajstić information content (AvgIpc) is 3.58. The van der Waals surface area contributed by atoms with E-state index in [0.717, 1.165) is 18.6 Å². The Morgan fingerprint density at radius 2 is 0.877 bits per heavy atom. The number of carbonyl (C=O) groups is 7. The maximum absolute atomic E-state index is 13.3. The van der Waals surface area contributed by atoms with Crippen LogP contribution in [0.15, 0.2) is 74.8 Å². The quantitative estimate of drug-likeness (QED) is 0.0264. The van der Waals surface area contributed by atoms with Gasteiger partial charge in [-0.3, -0.25) is 62.6 Å². The standard InChI is InChI=1S/C52H74N12O17/c1-58-18-5-7-35(41(68)49(58)76)45(72)54-14-23-62(24-15-55-46(73)36-9-19-59(2)50(77)42(36)69)27-29-64(22-13-53-39(65)8-6-31-80-33-34-81-32-12-40(66)67)30-28-63(25-16-56-47(74)37-10-20-60(3)51(78)43(37)70)26-17-57-48(75)38-11-21-61(4)52(79)44(38)71/h5,9-11,18-21,68-71H,6-8,12-17,22-34H2,1-4H3,(H,53,65)(H,54,72)(H,55,73)(H,56,74)(H,57,75)(H,66,67). The molecule has 29 nitrogen and oxygen atoms in total. The monoisotopic (exact) mass is 1140 g/mol. The molecule has 29 heteroatoms. The summed E-state index contributed by atoms with van der Waals surface area (Å²) in [5, 5.41) is 64.3. The number of nitrogens with one attached hydrogen (secondary N) is 5. The van der Waals surface area contributed by atoms with E-state index in [0.29, 0.717) is 19.5 Å². The molecular weight excluding hydrogens is 1060 g/mol. The number of allylic oxidation sites excluding steroid dienone is 1. The molecule has 0 aromatic carbocycles. The minimum Gasteiger partial charge on any atom is -0.503 e. The molecule has 1 aliphatic heterocycles. The lowest BCUT2D eigenvalue weighted by Gasteiger charge is -2.30. The molecular formula is C52H74N12O17. The highest BCUT2D eigenvalue weighted by Gasteiger charge is 2.25. The number of aromatic nitrogens is 3. The van der Waals surface area contributed by atoms with Gasteiger partial charge >= 0.3 is 5.97 Å². The molecule has 3 aromatic rings. The van der Waals surface area contributed by atoms with Crippen molar-refractivity contribution in [1.82, 2.24) is 59.9 Å². The number of carboxylic acid groups (broad SMARTS) is 1. The van der Waals surface area contributed by atoms with E-state index in [2.05, 4.69) is 26.6 Å². The Kier molecular flexibility index (Phi) is 26.8. The van der Waals surface area contributed by atoms with Crippen LogP contribution in [0.5, 0.6) is 17.2 Å². The third-order valence-corrected chi connectivity index (χ3v) is 12.8. The Morgan fingerprint density at radius 3 is 1.28 bits per heavy atom. The number of nitrogens with zero attached hydrogens (tertiary/aromatic N) is 7. The largest absolute Gasteiger partial charge is 0.503 e. The Hall–Kier alpha value is -8.38. The summed E-state index contributed by atoms with van der Waals surface area (Å²) in [6.07, 6.45) is 7.36. The highest BCUT2D eigenvalue weighted by atomic mass is 16.5. The average molecular weight is 1140 g/mol. The number of aliphatic hydroxyl groups is 1. The number of likely N-dealkylation sites (N-methyl/N-ethyl adjacent to an activating group) is 1. The molecule has 10 N–H and O–H groups in total. The van der Waals surface area contributed by atoms with Gasteiger partial charge < -0.3 is 80.2 Å². The van der Waals surface area contributed by atoms with Gasteiger partial charge in [0.15, 0.2) is 23.0 Å². The molecule has 0 saturated heterocycles. The molecule has 0 saturated carbocycles. The van der Waals surface area contributed by atoms with Crippen LogP contribution in [-0.2, 0) is 49.8 Å². The first-order valence-corrected chi connectivity index (χ1v) is 26.1. The highest BCUT2D eigenvalue weighted by Crippen LogP contribution is 2.16. The smallest absolute Gasteiger partial charge is 0.305 e. The fourth-order valence-electron chi connectivity index (χ4n) is 7.92. The van der Waals surface area contributed by atoms with Crippen molar-refractivity contribution in [3.8, 4) is 17.2 Å². The van der Waals surface area contributed by atoms with Crippen molar-refractivity contribution < 1.29 is 68.6 Å². The maximum Gasteiger partial charge on any atom is 0.305 e. The van der Waals surface area contributed by atoms with Gasteiger partial charge in [-0.15, -0.1) is 0 Å². The van der Waals surface area contributed by atoms with Crippen molar-refractivity contribution in [3.05, 3.63) is 108 Å². The summed E-state index contributed by atoms with van der Waals surface area (Å²) < 4.78 is 14.0. The molecule has 0 fully saturated rings. The predicted molar refractivity (Wildman–Crippen MR) is 292 cm³/mol. The van der Waals surface area contributed by atoms with E-state index in [1.165, 1.54) is 71.2 Å². The van der Waals surface area contributed by atoms with Crippen LogP contribution in [0.4, 0.5) is 0 Å². The molecule has 6 amide bonds. The van der Waals surface area contributed by atoms with Gasteiger partial charge in [-0.1, -0.05) is 6.08 Å². The summed E-state index contributed by atoms with van der Waals surface area (Å²) in [6, 6.07) is 3.89. The SMILES string of the molecule is CN1C=CCC(C(=O)NCCN(CCNC(=O)c2ccn(C)c(=O)c2O)CCN(CCNC(=O)CCCOCCOCCC(=O)O)CCN(CCNC(=O)c2ccn(C)c(=O)c2O)CCNC(=O)c2ccn(C)c(=O)c2O)=C(O)C1=O. The Labute approximate surface area is 466 Å². The van der Waals surface area contributed by atoms with E-state index >= 15 is 0 Å². The van der Waals surface area contributed by atoms with Crippen molar-refractivity contribution in [2.75, 3.05) is 125 Å².